The van der Waals surface area contributed by atoms with Crippen molar-refractivity contribution in [1.82, 2.24) is 4.98 Å². The highest BCUT2D eigenvalue weighted by Crippen LogP contribution is 2.18. The van der Waals surface area contributed by atoms with Gasteiger partial charge in [0, 0.05) is 17.8 Å². The Morgan fingerprint density at radius 3 is 2.79 bits per heavy atom. The SMILES string of the molecule is Cc1cc(C(N)=S)ccc1COc1cncc(Cl)c1. The lowest BCUT2D eigenvalue weighted by Crippen LogP contribution is -2.10. The van der Waals surface area contributed by atoms with Gasteiger partial charge < -0.3 is 10.5 Å². The molecule has 0 aliphatic carbocycles. The van der Waals surface area contributed by atoms with Crippen molar-refractivity contribution < 1.29 is 4.74 Å². The molecule has 3 nitrogen and oxygen atoms in total. The Kier molecular flexibility index (Phi) is 4.35. The van der Waals surface area contributed by atoms with Crippen LogP contribution in [-0.4, -0.2) is 9.97 Å². The molecule has 0 aliphatic heterocycles. The second kappa shape index (κ2) is 5.99. The molecule has 0 unspecified atom stereocenters. The van der Waals surface area contributed by atoms with Crippen LogP contribution in [0.4, 0.5) is 0 Å². The van der Waals surface area contributed by atoms with Crippen molar-refractivity contribution in [3.8, 4) is 5.75 Å². The van der Waals surface area contributed by atoms with Crippen LogP contribution >= 0.6 is 23.8 Å². The van der Waals surface area contributed by atoms with Crippen molar-refractivity contribution >= 4 is 28.8 Å². The van der Waals surface area contributed by atoms with Gasteiger partial charge >= 0.3 is 0 Å². The van der Waals surface area contributed by atoms with E-state index in [0.29, 0.717) is 22.4 Å². The number of ether oxygens (including phenoxy) is 1. The molecule has 1 heterocycles. The van der Waals surface area contributed by atoms with Crippen LogP contribution in [0, 0.1) is 6.92 Å². The lowest BCUT2D eigenvalue weighted by Gasteiger charge is -2.10. The first-order valence-corrected chi connectivity index (χ1v) is 6.47. The fraction of sp³-hybridized carbons (Fsp3) is 0.143. The van der Waals surface area contributed by atoms with E-state index in [0.717, 1.165) is 16.7 Å². The Morgan fingerprint density at radius 1 is 1.37 bits per heavy atom. The summed E-state index contributed by atoms with van der Waals surface area (Å²) >= 11 is 10.8. The van der Waals surface area contributed by atoms with Gasteiger partial charge in [0.2, 0.25) is 0 Å². The van der Waals surface area contributed by atoms with Crippen LogP contribution in [0.25, 0.3) is 0 Å². The zero-order chi connectivity index (χ0) is 13.8. The highest BCUT2D eigenvalue weighted by Gasteiger charge is 2.03. The number of pyridine rings is 1. The number of nitrogens with two attached hydrogens (primary N) is 1. The molecule has 0 bridgehead atoms. The summed E-state index contributed by atoms with van der Waals surface area (Å²) in [5, 5.41) is 0.554. The van der Waals surface area contributed by atoms with E-state index in [4.69, 9.17) is 34.3 Å². The molecule has 0 spiro atoms. The number of hydrogen-bond acceptors (Lipinski definition) is 3. The van der Waals surface area contributed by atoms with Gasteiger partial charge in [-0.15, -0.1) is 0 Å². The summed E-state index contributed by atoms with van der Waals surface area (Å²) in [7, 11) is 0. The zero-order valence-corrected chi connectivity index (χ0v) is 12.0. The van der Waals surface area contributed by atoms with E-state index in [2.05, 4.69) is 4.98 Å². The van der Waals surface area contributed by atoms with E-state index >= 15 is 0 Å². The summed E-state index contributed by atoms with van der Waals surface area (Å²) in [4.78, 5) is 4.36. The largest absolute Gasteiger partial charge is 0.487 e. The average Bonchev–Trinajstić information content (AvgIpc) is 2.37. The summed E-state index contributed by atoms with van der Waals surface area (Å²) in [6.45, 7) is 2.45. The van der Waals surface area contributed by atoms with Gasteiger partial charge in [-0.1, -0.05) is 36.0 Å². The Bertz CT molecular complexity index is 616. The molecule has 98 valence electrons. The molecule has 0 aliphatic rings. The molecule has 2 rings (SSSR count). The number of nitrogens with zero attached hydrogens (tertiary/aromatic N) is 1. The van der Waals surface area contributed by atoms with E-state index in [1.54, 1.807) is 18.5 Å². The zero-order valence-electron chi connectivity index (χ0n) is 10.4. The number of thiocarbonyl (C=S) groups is 1. The van der Waals surface area contributed by atoms with Crippen molar-refractivity contribution in [1.29, 1.82) is 0 Å². The normalized spacial score (nSPS) is 10.2. The van der Waals surface area contributed by atoms with Crippen LogP contribution < -0.4 is 10.5 Å². The molecule has 2 aromatic rings. The maximum Gasteiger partial charge on any atom is 0.139 e. The predicted octanol–water partition coefficient (Wildman–Crippen LogP) is 3.26. The number of halogens is 1. The Balaban J connectivity index is 2.10. The topological polar surface area (TPSA) is 48.1 Å². The summed E-state index contributed by atoms with van der Waals surface area (Å²) < 4.78 is 5.64. The highest BCUT2D eigenvalue weighted by molar-refractivity contribution is 7.80. The molecular weight excluding hydrogens is 280 g/mol. The second-order valence-corrected chi connectivity index (χ2v) is 5.01. The monoisotopic (exact) mass is 292 g/mol. The van der Waals surface area contributed by atoms with Gasteiger partial charge in [-0.25, -0.2) is 0 Å². The van der Waals surface area contributed by atoms with Crippen molar-refractivity contribution in [2.75, 3.05) is 0 Å². The molecule has 0 atom stereocenters. The molecule has 0 radical (unpaired) electrons. The first kappa shape index (κ1) is 13.8. The standard InChI is InChI=1S/C14H13ClN2OS/c1-9-4-10(14(16)19)2-3-11(9)8-18-13-5-12(15)6-17-7-13/h2-7H,8H2,1H3,(H2,16,19). The smallest absolute Gasteiger partial charge is 0.139 e. The fourth-order valence-corrected chi connectivity index (χ4v) is 1.93. The quantitative estimate of drug-likeness (QED) is 0.879. The van der Waals surface area contributed by atoms with Crippen molar-refractivity contribution in [2.45, 2.75) is 13.5 Å². The molecule has 0 saturated heterocycles. The third-order valence-electron chi connectivity index (χ3n) is 2.70. The maximum atomic E-state index is 5.84. The van der Waals surface area contributed by atoms with Crippen molar-refractivity contribution in [3.63, 3.8) is 0 Å². The predicted molar refractivity (Wildman–Crippen MR) is 80.6 cm³/mol. The van der Waals surface area contributed by atoms with Gasteiger partial charge in [-0.05, 0) is 24.1 Å². The molecule has 1 aromatic carbocycles. The van der Waals surface area contributed by atoms with E-state index in [1.165, 1.54) is 0 Å². The van der Waals surface area contributed by atoms with Crippen LogP contribution in [0.3, 0.4) is 0 Å². The summed E-state index contributed by atoms with van der Waals surface area (Å²) in [5.41, 5.74) is 8.61. The number of hydrogen-bond donors (Lipinski definition) is 1. The maximum absolute atomic E-state index is 5.84. The van der Waals surface area contributed by atoms with Gasteiger partial charge in [0.15, 0.2) is 0 Å². The Morgan fingerprint density at radius 2 is 2.16 bits per heavy atom. The first-order chi connectivity index (χ1) is 9.06. The van der Waals surface area contributed by atoms with E-state index < -0.39 is 0 Å². The Labute approximate surface area is 122 Å². The van der Waals surface area contributed by atoms with Crippen LogP contribution in [0.15, 0.2) is 36.7 Å². The van der Waals surface area contributed by atoms with Gasteiger partial charge in [0.25, 0.3) is 0 Å². The number of rotatable bonds is 4. The molecule has 0 saturated carbocycles. The first-order valence-electron chi connectivity index (χ1n) is 5.69. The van der Waals surface area contributed by atoms with Gasteiger partial charge in [0.05, 0.1) is 11.2 Å². The van der Waals surface area contributed by atoms with Gasteiger partial charge in [-0.3, -0.25) is 4.98 Å². The molecule has 0 fully saturated rings. The third-order valence-corrected chi connectivity index (χ3v) is 3.14. The number of benzene rings is 1. The highest BCUT2D eigenvalue weighted by atomic mass is 35.5. The van der Waals surface area contributed by atoms with Crippen molar-refractivity contribution in [3.05, 3.63) is 58.4 Å². The van der Waals surface area contributed by atoms with Crippen LogP contribution in [-0.2, 0) is 6.61 Å². The van der Waals surface area contributed by atoms with Crippen LogP contribution in [0.2, 0.25) is 5.02 Å². The van der Waals surface area contributed by atoms with E-state index in [-0.39, 0.29) is 0 Å². The van der Waals surface area contributed by atoms with Gasteiger partial charge in [0.1, 0.15) is 17.3 Å². The molecule has 5 heteroatoms. The minimum atomic E-state index is 0.398. The molecule has 19 heavy (non-hydrogen) atoms. The lowest BCUT2D eigenvalue weighted by molar-refractivity contribution is 0.304. The minimum absolute atomic E-state index is 0.398. The molecule has 1 aromatic heterocycles. The fourth-order valence-electron chi connectivity index (χ4n) is 1.64. The molecular formula is C14H13ClN2OS. The number of aryl methyl sites for hydroxylation is 1. The van der Waals surface area contributed by atoms with E-state index in [9.17, 15) is 0 Å². The second-order valence-electron chi connectivity index (χ2n) is 4.13. The minimum Gasteiger partial charge on any atom is -0.487 e. The van der Waals surface area contributed by atoms with Crippen molar-refractivity contribution in [2.24, 2.45) is 5.73 Å². The average molecular weight is 293 g/mol. The summed E-state index contributed by atoms with van der Waals surface area (Å²) in [5.74, 6) is 0.644. The molecule has 0 amide bonds. The summed E-state index contributed by atoms with van der Waals surface area (Å²) in [6.07, 6.45) is 3.20. The lowest BCUT2D eigenvalue weighted by atomic mass is 10.1. The Hall–Kier alpha value is -1.65. The van der Waals surface area contributed by atoms with E-state index in [1.807, 2.05) is 25.1 Å². The van der Waals surface area contributed by atoms with Gasteiger partial charge in [-0.2, -0.15) is 0 Å². The van der Waals surface area contributed by atoms with Crippen LogP contribution in [0.1, 0.15) is 16.7 Å². The summed E-state index contributed by atoms with van der Waals surface area (Å²) in [6, 6.07) is 7.54. The molecule has 2 N–H and O–H groups in total. The third kappa shape index (κ3) is 3.66. The van der Waals surface area contributed by atoms with Crippen LogP contribution in [0.5, 0.6) is 5.75 Å². The number of aromatic nitrogens is 1.